The van der Waals surface area contributed by atoms with Gasteiger partial charge in [0.1, 0.15) is 0 Å². The van der Waals surface area contributed by atoms with Crippen molar-refractivity contribution < 1.29 is 4.74 Å². The van der Waals surface area contributed by atoms with Gasteiger partial charge >= 0.3 is 0 Å². The number of fused-ring (bicyclic) bond motifs is 2. The molecule has 0 spiro atoms. The maximum absolute atomic E-state index is 6.78. The van der Waals surface area contributed by atoms with Crippen molar-refractivity contribution in [1.29, 1.82) is 0 Å². The molecule has 0 radical (unpaired) electrons. The first-order valence-corrected chi connectivity index (χ1v) is 8.94. The lowest BCUT2D eigenvalue weighted by Gasteiger charge is -2.52. The van der Waals surface area contributed by atoms with Crippen LogP contribution in [0.2, 0.25) is 0 Å². The standard InChI is InChI=1S/C22H30O/c1-15(2)12-13-22(5)19-11-8-17(4)20(14-19)21(23-22)18-9-6-16(3)7-10-18/h6-7,9-10,12,19-21H,4,8,11,13-14H2,1-3,5H3/t19-,20-,21?,22?/m0/s1. The highest BCUT2D eigenvalue weighted by Crippen LogP contribution is 2.53. The molecule has 1 saturated heterocycles. The molecule has 2 bridgehead atoms. The third kappa shape index (κ3) is 3.30. The van der Waals surface area contributed by atoms with Crippen LogP contribution in [-0.2, 0) is 4.74 Å². The molecule has 2 aliphatic rings. The quantitative estimate of drug-likeness (QED) is 0.608. The summed E-state index contributed by atoms with van der Waals surface area (Å²) in [5.74, 6) is 1.13. The van der Waals surface area contributed by atoms with Crippen LogP contribution in [0.25, 0.3) is 0 Å². The van der Waals surface area contributed by atoms with Crippen LogP contribution in [0.15, 0.2) is 48.1 Å². The van der Waals surface area contributed by atoms with Gasteiger partial charge < -0.3 is 4.74 Å². The molecule has 1 aliphatic carbocycles. The number of allylic oxidation sites excluding steroid dienone is 1. The Bertz CT molecular complexity index is 605. The Morgan fingerprint density at radius 2 is 2.00 bits per heavy atom. The predicted molar refractivity (Wildman–Crippen MR) is 97.4 cm³/mol. The summed E-state index contributed by atoms with van der Waals surface area (Å²) in [7, 11) is 0. The first-order valence-electron chi connectivity index (χ1n) is 8.94. The first kappa shape index (κ1) is 16.5. The van der Waals surface area contributed by atoms with Crippen molar-refractivity contribution in [1.82, 2.24) is 0 Å². The van der Waals surface area contributed by atoms with Gasteiger partial charge in [-0.25, -0.2) is 0 Å². The van der Waals surface area contributed by atoms with Crippen molar-refractivity contribution in [2.45, 2.75) is 65.1 Å². The van der Waals surface area contributed by atoms with Gasteiger partial charge in [-0.3, -0.25) is 0 Å². The number of benzene rings is 1. The average molecular weight is 310 g/mol. The summed E-state index contributed by atoms with van der Waals surface area (Å²) < 4.78 is 6.78. The van der Waals surface area contributed by atoms with E-state index in [0.717, 1.165) is 12.8 Å². The second kappa shape index (κ2) is 6.28. The average Bonchev–Trinajstić information content (AvgIpc) is 2.52. The number of aryl methyl sites for hydroxylation is 1. The number of hydrogen-bond acceptors (Lipinski definition) is 1. The van der Waals surface area contributed by atoms with Crippen LogP contribution >= 0.6 is 0 Å². The molecule has 2 unspecified atom stereocenters. The fourth-order valence-corrected chi connectivity index (χ4v) is 4.17. The lowest BCUT2D eigenvalue weighted by molar-refractivity contribution is -0.181. The Labute approximate surface area is 141 Å². The van der Waals surface area contributed by atoms with Crippen LogP contribution in [0.1, 0.15) is 63.7 Å². The molecule has 4 atom stereocenters. The van der Waals surface area contributed by atoms with Gasteiger partial charge in [0.05, 0.1) is 11.7 Å². The molecule has 23 heavy (non-hydrogen) atoms. The molecule has 1 aromatic carbocycles. The molecule has 0 N–H and O–H groups in total. The second-order valence-corrected chi connectivity index (χ2v) is 7.98. The summed E-state index contributed by atoms with van der Waals surface area (Å²) in [6.07, 6.45) is 7.13. The fraction of sp³-hybridized carbons (Fsp3) is 0.545. The second-order valence-electron chi connectivity index (χ2n) is 7.98. The molecular formula is C22H30O. The van der Waals surface area contributed by atoms with Gasteiger partial charge in [-0.05, 0) is 64.9 Å². The molecule has 1 heterocycles. The Morgan fingerprint density at radius 3 is 2.65 bits per heavy atom. The number of ether oxygens (including phenoxy) is 1. The van der Waals surface area contributed by atoms with E-state index in [4.69, 9.17) is 4.74 Å². The molecule has 2 fully saturated rings. The van der Waals surface area contributed by atoms with E-state index in [1.54, 1.807) is 0 Å². The van der Waals surface area contributed by atoms with Crippen LogP contribution in [-0.4, -0.2) is 5.60 Å². The van der Waals surface area contributed by atoms with E-state index in [2.05, 4.69) is 64.6 Å². The minimum atomic E-state index is -0.0516. The van der Waals surface area contributed by atoms with Crippen LogP contribution in [0.4, 0.5) is 0 Å². The van der Waals surface area contributed by atoms with Crippen LogP contribution < -0.4 is 0 Å². The number of rotatable bonds is 3. The summed E-state index contributed by atoms with van der Waals surface area (Å²) in [5, 5.41) is 0. The Morgan fingerprint density at radius 1 is 1.30 bits per heavy atom. The van der Waals surface area contributed by atoms with Crippen molar-refractivity contribution in [3.63, 3.8) is 0 Å². The third-order valence-corrected chi connectivity index (χ3v) is 5.82. The van der Waals surface area contributed by atoms with E-state index in [1.807, 2.05) is 0 Å². The van der Waals surface area contributed by atoms with Gasteiger partial charge in [-0.1, -0.05) is 53.6 Å². The molecule has 0 amide bonds. The topological polar surface area (TPSA) is 9.23 Å². The van der Waals surface area contributed by atoms with E-state index in [1.165, 1.54) is 35.1 Å². The smallest absolute Gasteiger partial charge is 0.0897 e. The zero-order chi connectivity index (χ0) is 16.6. The molecule has 1 saturated carbocycles. The molecule has 1 heteroatoms. The van der Waals surface area contributed by atoms with Gasteiger partial charge in [0.2, 0.25) is 0 Å². The maximum Gasteiger partial charge on any atom is 0.0897 e. The van der Waals surface area contributed by atoms with E-state index in [9.17, 15) is 0 Å². The highest BCUT2D eigenvalue weighted by molar-refractivity contribution is 5.28. The fourth-order valence-electron chi connectivity index (χ4n) is 4.17. The Balaban J connectivity index is 1.92. The Kier molecular flexibility index (Phi) is 4.51. The lowest BCUT2D eigenvalue weighted by atomic mass is 9.65. The molecule has 1 aliphatic heterocycles. The van der Waals surface area contributed by atoms with E-state index in [0.29, 0.717) is 11.8 Å². The molecule has 1 aromatic rings. The van der Waals surface area contributed by atoms with Crippen molar-refractivity contribution in [3.05, 3.63) is 59.2 Å². The number of hydrogen-bond donors (Lipinski definition) is 0. The molecular weight excluding hydrogens is 280 g/mol. The summed E-state index contributed by atoms with van der Waals surface area (Å²) in [6, 6.07) is 8.88. The zero-order valence-electron chi connectivity index (χ0n) is 15.1. The summed E-state index contributed by atoms with van der Waals surface area (Å²) in [4.78, 5) is 0. The van der Waals surface area contributed by atoms with Crippen LogP contribution in [0.3, 0.4) is 0 Å². The van der Waals surface area contributed by atoms with Crippen molar-refractivity contribution >= 4 is 0 Å². The largest absolute Gasteiger partial charge is 0.366 e. The Hall–Kier alpha value is -1.34. The van der Waals surface area contributed by atoms with Gasteiger partial charge in [0.25, 0.3) is 0 Å². The minimum Gasteiger partial charge on any atom is -0.366 e. The minimum absolute atomic E-state index is 0.0516. The molecule has 3 rings (SSSR count). The van der Waals surface area contributed by atoms with E-state index < -0.39 is 0 Å². The SMILES string of the molecule is C=C1CC[C@H]2C[C@@H]1C(c1ccc(C)cc1)OC2(C)CC=C(C)C. The molecule has 0 aromatic heterocycles. The molecule has 124 valence electrons. The van der Waals surface area contributed by atoms with E-state index >= 15 is 0 Å². The predicted octanol–water partition coefficient (Wildman–Crippen LogP) is 6.15. The van der Waals surface area contributed by atoms with Crippen LogP contribution in [0.5, 0.6) is 0 Å². The maximum atomic E-state index is 6.78. The van der Waals surface area contributed by atoms with Crippen molar-refractivity contribution in [2.24, 2.45) is 11.8 Å². The third-order valence-electron chi connectivity index (χ3n) is 5.82. The monoisotopic (exact) mass is 310 g/mol. The summed E-state index contributed by atoms with van der Waals surface area (Å²) in [6.45, 7) is 13.2. The van der Waals surface area contributed by atoms with Gasteiger partial charge in [0, 0.05) is 5.92 Å². The van der Waals surface area contributed by atoms with Crippen molar-refractivity contribution in [2.75, 3.05) is 0 Å². The van der Waals surface area contributed by atoms with Crippen LogP contribution in [0, 0.1) is 18.8 Å². The van der Waals surface area contributed by atoms with Gasteiger partial charge in [0.15, 0.2) is 0 Å². The normalized spacial score (nSPS) is 33.4. The van der Waals surface area contributed by atoms with E-state index in [-0.39, 0.29) is 11.7 Å². The lowest BCUT2D eigenvalue weighted by Crippen LogP contribution is -2.48. The highest BCUT2D eigenvalue weighted by Gasteiger charge is 2.48. The van der Waals surface area contributed by atoms with Gasteiger partial charge in [-0.2, -0.15) is 0 Å². The first-order chi connectivity index (χ1) is 10.9. The van der Waals surface area contributed by atoms with Crippen molar-refractivity contribution in [3.8, 4) is 0 Å². The zero-order valence-corrected chi connectivity index (χ0v) is 15.1. The van der Waals surface area contributed by atoms with Gasteiger partial charge in [-0.15, -0.1) is 0 Å². The highest BCUT2D eigenvalue weighted by atomic mass is 16.5. The summed E-state index contributed by atoms with van der Waals surface area (Å²) >= 11 is 0. The summed E-state index contributed by atoms with van der Waals surface area (Å²) in [5.41, 5.74) is 5.33. The molecule has 1 nitrogen and oxygen atoms in total.